The fourth-order valence-electron chi connectivity index (χ4n) is 3.92. The van der Waals surface area contributed by atoms with E-state index in [-0.39, 0.29) is 22.5 Å². The Kier molecular flexibility index (Phi) is 3.51. The fourth-order valence-corrected chi connectivity index (χ4v) is 4.71. The molecule has 2 fully saturated rings. The average Bonchev–Trinajstić information content (AvgIpc) is 3.07. The molecule has 2 aliphatic carbocycles. The van der Waals surface area contributed by atoms with Gasteiger partial charge < -0.3 is 0 Å². The molecular formula is C17H22N2O2S. The zero-order chi connectivity index (χ0) is 16.1. The summed E-state index contributed by atoms with van der Waals surface area (Å²) in [7, 11) is 0. The quantitative estimate of drug-likeness (QED) is 0.679. The van der Waals surface area contributed by atoms with Crippen LogP contribution in [0.3, 0.4) is 0 Å². The largest absolute Gasteiger partial charge is 0.294 e. The minimum atomic E-state index is -0.228. The van der Waals surface area contributed by atoms with Gasteiger partial charge in [0.1, 0.15) is 0 Å². The molecule has 1 aromatic rings. The number of ketones is 1. The third kappa shape index (κ3) is 2.14. The Balaban J connectivity index is 1.75. The molecule has 1 N–H and O–H groups in total. The first-order valence-corrected chi connectivity index (χ1v) is 8.55. The predicted molar refractivity (Wildman–Crippen MR) is 88.5 cm³/mol. The molecule has 3 rings (SSSR count). The Morgan fingerprint density at radius 1 is 1.27 bits per heavy atom. The number of fused-ring (bicyclic) bond motifs is 2. The number of carbonyl (C=O) groups excluding carboxylic acids is 2. The van der Waals surface area contributed by atoms with Gasteiger partial charge in [0.15, 0.2) is 5.78 Å². The molecule has 1 amide bonds. The van der Waals surface area contributed by atoms with Gasteiger partial charge in [-0.3, -0.25) is 9.59 Å². The smallest absolute Gasteiger partial charge is 0.281 e. The molecule has 0 spiro atoms. The van der Waals surface area contributed by atoms with Crippen molar-refractivity contribution in [2.75, 3.05) is 0 Å². The normalized spacial score (nSPS) is 30.7. The van der Waals surface area contributed by atoms with E-state index in [1.165, 1.54) is 24.7 Å². The number of carbonyl (C=O) groups is 2. The number of rotatable bonds is 3. The Labute approximate surface area is 135 Å². The van der Waals surface area contributed by atoms with Crippen LogP contribution < -0.4 is 5.43 Å². The first-order valence-electron chi connectivity index (χ1n) is 7.74. The molecule has 22 heavy (non-hydrogen) atoms. The Bertz CT molecular complexity index is 674. The summed E-state index contributed by atoms with van der Waals surface area (Å²) in [5.74, 6) is 0.422. The highest BCUT2D eigenvalue weighted by Gasteiger charge is 2.60. The third-order valence-corrected chi connectivity index (χ3v) is 7.17. The molecule has 2 aliphatic rings. The van der Waals surface area contributed by atoms with Gasteiger partial charge in [0.2, 0.25) is 0 Å². The molecule has 1 heterocycles. The van der Waals surface area contributed by atoms with E-state index in [9.17, 15) is 9.59 Å². The van der Waals surface area contributed by atoms with Gasteiger partial charge >= 0.3 is 0 Å². The number of nitrogens with zero attached hydrogens (tertiary/aromatic N) is 1. The first kappa shape index (κ1) is 15.4. The van der Waals surface area contributed by atoms with E-state index in [2.05, 4.69) is 31.3 Å². The lowest BCUT2D eigenvalue weighted by atomic mass is 9.70. The van der Waals surface area contributed by atoms with Crippen LogP contribution in [0.4, 0.5) is 0 Å². The van der Waals surface area contributed by atoms with E-state index in [1.54, 1.807) is 12.1 Å². The summed E-state index contributed by atoms with van der Waals surface area (Å²) in [6, 6.07) is 3.38. The summed E-state index contributed by atoms with van der Waals surface area (Å²) in [6.07, 6.45) is 3.38. The van der Waals surface area contributed by atoms with Crippen LogP contribution in [0.5, 0.6) is 0 Å². The number of hydrazone groups is 1. The van der Waals surface area contributed by atoms with Gasteiger partial charge in [-0.05, 0) is 49.7 Å². The third-order valence-electron chi connectivity index (χ3n) is 5.98. The zero-order valence-electron chi connectivity index (χ0n) is 13.5. The lowest BCUT2D eigenvalue weighted by molar-refractivity contribution is 0.0957. The highest BCUT2D eigenvalue weighted by molar-refractivity contribution is 7.15. The average molecular weight is 318 g/mol. The van der Waals surface area contributed by atoms with Crippen molar-refractivity contribution < 1.29 is 9.59 Å². The predicted octanol–water partition coefficient (Wildman–Crippen LogP) is 3.88. The van der Waals surface area contributed by atoms with E-state index < -0.39 is 0 Å². The van der Waals surface area contributed by atoms with E-state index in [4.69, 9.17) is 0 Å². The summed E-state index contributed by atoms with van der Waals surface area (Å²) in [4.78, 5) is 24.6. The molecule has 0 radical (unpaired) electrons. The van der Waals surface area contributed by atoms with Gasteiger partial charge in [-0.2, -0.15) is 5.10 Å². The molecule has 1 aromatic heterocycles. The molecule has 2 saturated carbocycles. The molecular weight excluding hydrogens is 296 g/mol. The van der Waals surface area contributed by atoms with Crippen molar-refractivity contribution in [3.63, 3.8) is 0 Å². The highest BCUT2D eigenvalue weighted by atomic mass is 32.1. The first-order chi connectivity index (χ1) is 10.3. The maximum absolute atomic E-state index is 12.2. The van der Waals surface area contributed by atoms with Gasteiger partial charge in [0.25, 0.3) is 5.91 Å². The fraction of sp³-hybridized carbons (Fsp3) is 0.588. The number of amides is 1. The van der Waals surface area contributed by atoms with Crippen molar-refractivity contribution in [3.8, 4) is 0 Å². The minimum Gasteiger partial charge on any atom is -0.294 e. The van der Waals surface area contributed by atoms with Crippen LogP contribution in [-0.2, 0) is 0 Å². The topological polar surface area (TPSA) is 58.5 Å². The van der Waals surface area contributed by atoms with Crippen LogP contribution in [0, 0.1) is 16.7 Å². The Morgan fingerprint density at radius 2 is 1.95 bits per heavy atom. The zero-order valence-corrected chi connectivity index (χ0v) is 14.3. The molecule has 118 valence electrons. The van der Waals surface area contributed by atoms with Gasteiger partial charge in [0.05, 0.1) is 9.75 Å². The monoisotopic (exact) mass is 318 g/mol. The molecule has 0 aromatic carbocycles. The maximum atomic E-state index is 12.2. The van der Waals surface area contributed by atoms with Crippen molar-refractivity contribution in [2.45, 2.75) is 47.0 Å². The number of nitrogens with one attached hydrogen (secondary N) is 1. The van der Waals surface area contributed by atoms with Crippen molar-refractivity contribution in [1.29, 1.82) is 0 Å². The van der Waals surface area contributed by atoms with Crippen molar-refractivity contribution in [2.24, 2.45) is 21.8 Å². The van der Waals surface area contributed by atoms with Crippen LogP contribution in [0.1, 0.15) is 66.3 Å². The molecule has 0 saturated heterocycles. The molecule has 5 heteroatoms. The summed E-state index contributed by atoms with van der Waals surface area (Å²) in [5.41, 5.74) is 4.14. The number of hydrogen-bond acceptors (Lipinski definition) is 4. The second-order valence-corrected chi connectivity index (χ2v) is 8.30. The summed E-state index contributed by atoms with van der Waals surface area (Å²) in [6.45, 7) is 8.40. The molecule has 2 bridgehead atoms. The van der Waals surface area contributed by atoms with E-state index in [1.807, 2.05) is 0 Å². The highest BCUT2D eigenvalue weighted by Crippen LogP contribution is 2.63. The lowest BCUT2D eigenvalue weighted by Gasteiger charge is -2.34. The Hall–Kier alpha value is -1.49. The van der Waals surface area contributed by atoms with Crippen LogP contribution in [0.25, 0.3) is 0 Å². The summed E-state index contributed by atoms with van der Waals surface area (Å²) >= 11 is 1.21. The lowest BCUT2D eigenvalue weighted by Crippen LogP contribution is -2.34. The summed E-state index contributed by atoms with van der Waals surface area (Å²) < 4.78 is 0. The van der Waals surface area contributed by atoms with E-state index in [0.29, 0.717) is 15.7 Å². The summed E-state index contributed by atoms with van der Waals surface area (Å²) in [5, 5.41) is 4.44. The number of Topliss-reactive ketones (excluding diaryl/α,β-unsaturated/α-hetero) is 1. The number of hydrogen-bond donors (Lipinski definition) is 1. The molecule has 4 nitrogen and oxygen atoms in total. The van der Waals surface area contributed by atoms with Crippen molar-refractivity contribution >= 4 is 28.7 Å². The standard InChI is InChI=1S/C17H22N2O2S/c1-10(20)12-5-6-13(22-12)15(21)19-18-14-9-11-7-8-17(14,4)16(11,2)3/h5-6,11H,7-9H2,1-4H3,(H,19,21)/b18-14-/t11-,17-/m1/s1. The van der Waals surface area contributed by atoms with Gasteiger partial charge in [0, 0.05) is 11.1 Å². The van der Waals surface area contributed by atoms with Crippen LogP contribution in [0.2, 0.25) is 0 Å². The van der Waals surface area contributed by atoms with Gasteiger partial charge in [-0.15, -0.1) is 11.3 Å². The van der Waals surface area contributed by atoms with Crippen molar-refractivity contribution in [1.82, 2.24) is 5.43 Å². The SMILES string of the molecule is CC(=O)c1ccc(C(=O)N/N=C2/C[C@H]3CC[C@@]2(C)C3(C)C)s1. The maximum Gasteiger partial charge on any atom is 0.281 e. The van der Waals surface area contributed by atoms with Gasteiger partial charge in [-0.25, -0.2) is 5.43 Å². The second-order valence-electron chi connectivity index (χ2n) is 7.21. The van der Waals surface area contributed by atoms with E-state index >= 15 is 0 Å². The number of thiophene rings is 1. The Morgan fingerprint density at radius 3 is 2.45 bits per heavy atom. The second kappa shape index (κ2) is 5.01. The molecule has 2 atom stereocenters. The minimum absolute atomic E-state index is 0.0160. The molecule has 0 unspecified atom stereocenters. The van der Waals surface area contributed by atoms with Crippen LogP contribution in [0.15, 0.2) is 17.2 Å². The van der Waals surface area contributed by atoms with Crippen LogP contribution >= 0.6 is 11.3 Å². The van der Waals surface area contributed by atoms with Crippen molar-refractivity contribution in [3.05, 3.63) is 21.9 Å². The molecule has 0 aliphatic heterocycles. The van der Waals surface area contributed by atoms with Crippen LogP contribution in [-0.4, -0.2) is 17.4 Å². The van der Waals surface area contributed by atoms with Gasteiger partial charge in [-0.1, -0.05) is 20.8 Å². The van der Waals surface area contributed by atoms with E-state index in [0.717, 1.165) is 18.6 Å².